The van der Waals surface area contributed by atoms with E-state index in [2.05, 4.69) is 79.7 Å². The van der Waals surface area contributed by atoms with Crippen molar-refractivity contribution in [3.05, 3.63) is 72.8 Å². The number of fused-ring (bicyclic) bond motifs is 7. The van der Waals surface area contributed by atoms with Gasteiger partial charge in [0.1, 0.15) is 11.5 Å². The molecule has 0 spiro atoms. The summed E-state index contributed by atoms with van der Waals surface area (Å²) >= 11 is 0. The van der Waals surface area contributed by atoms with Crippen LogP contribution in [-0.4, -0.2) is 13.2 Å². The molecule has 0 fully saturated rings. The Bertz CT molecular complexity index is 1020. The molecule has 0 unspecified atom stereocenters. The van der Waals surface area contributed by atoms with Crippen molar-refractivity contribution in [3.63, 3.8) is 0 Å². The lowest BCUT2D eigenvalue weighted by molar-refractivity contribution is 0.192. The molecular formula is C28H32O2. The maximum atomic E-state index is 6.25. The van der Waals surface area contributed by atoms with Gasteiger partial charge in [0, 0.05) is 17.0 Å². The van der Waals surface area contributed by atoms with Crippen LogP contribution in [-0.2, 0) is 0 Å². The average molecular weight is 401 g/mol. The highest BCUT2D eigenvalue weighted by Gasteiger charge is 2.21. The highest BCUT2D eigenvalue weighted by Crippen LogP contribution is 2.46. The molecule has 0 amide bonds. The number of benzene rings is 4. The zero-order valence-corrected chi connectivity index (χ0v) is 18.7. The number of ether oxygens (including phenoxy) is 2. The van der Waals surface area contributed by atoms with E-state index in [9.17, 15) is 0 Å². The predicted molar refractivity (Wildman–Crippen MR) is 130 cm³/mol. The van der Waals surface area contributed by atoms with Crippen LogP contribution in [0.5, 0.6) is 11.5 Å². The van der Waals surface area contributed by atoms with E-state index in [0.717, 1.165) is 22.6 Å². The second kappa shape index (κ2) is 10.2. The van der Waals surface area contributed by atoms with Gasteiger partial charge in [-0.25, -0.2) is 0 Å². The van der Waals surface area contributed by atoms with E-state index in [1.807, 2.05) is 27.7 Å². The molecule has 0 saturated carbocycles. The first-order valence-electron chi connectivity index (χ1n) is 11.1. The summed E-state index contributed by atoms with van der Waals surface area (Å²) in [5.41, 5.74) is 2.26. The van der Waals surface area contributed by atoms with Crippen molar-refractivity contribution in [2.75, 3.05) is 13.2 Å². The zero-order valence-electron chi connectivity index (χ0n) is 18.7. The molecule has 0 atom stereocenters. The molecule has 0 N–H and O–H groups in total. The van der Waals surface area contributed by atoms with Gasteiger partial charge >= 0.3 is 0 Å². The Balaban J connectivity index is 0.000000606. The molecule has 1 heterocycles. The summed E-state index contributed by atoms with van der Waals surface area (Å²) in [7, 11) is 0. The highest BCUT2D eigenvalue weighted by atomic mass is 16.5. The van der Waals surface area contributed by atoms with Crippen LogP contribution in [0.4, 0.5) is 0 Å². The molecule has 2 heteroatoms. The van der Waals surface area contributed by atoms with Gasteiger partial charge in [0.05, 0.1) is 13.2 Å². The van der Waals surface area contributed by atoms with Gasteiger partial charge in [0.2, 0.25) is 0 Å². The third kappa shape index (κ3) is 4.14. The molecule has 2 nitrogen and oxygen atoms in total. The SMILES string of the molecule is CC.CC.CC1COc2ccc3ccccc3c2-c2c(ccc3ccccc23)OC1. The molecule has 1 aliphatic rings. The van der Waals surface area contributed by atoms with Crippen molar-refractivity contribution < 1.29 is 9.47 Å². The summed E-state index contributed by atoms with van der Waals surface area (Å²) < 4.78 is 12.5. The predicted octanol–water partition coefficient (Wildman–Crippen LogP) is 8.12. The Hall–Kier alpha value is -3.00. The summed E-state index contributed by atoms with van der Waals surface area (Å²) in [5, 5.41) is 4.81. The maximum absolute atomic E-state index is 6.25. The molecule has 156 valence electrons. The molecule has 0 saturated heterocycles. The summed E-state index contributed by atoms with van der Waals surface area (Å²) in [6.45, 7) is 11.5. The first-order chi connectivity index (χ1) is 14.8. The van der Waals surface area contributed by atoms with Crippen LogP contribution >= 0.6 is 0 Å². The van der Waals surface area contributed by atoms with Crippen LogP contribution in [0.25, 0.3) is 32.7 Å². The largest absolute Gasteiger partial charge is 0.493 e. The molecular weight excluding hydrogens is 368 g/mol. The molecule has 0 aromatic heterocycles. The fourth-order valence-corrected chi connectivity index (χ4v) is 3.77. The Labute approximate surface area is 180 Å². The molecule has 5 rings (SSSR count). The monoisotopic (exact) mass is 400 g/mol. The first-order valence-corrected chi connectivity index (χ1v) is 11.1. The molecule has 1 aliphatic heterocycles. The quantitative estimate of drug-likeness (QED) is 0.297. The third-order valence-corrected chi connectivity index (χ3v) is 5.08. The molecule has 0 bridgehead atoms. The van der Waals surface area contributed by atoms with Gasteiger partial charge in [0.15, 0.2) is 0 Å². The Morgan fingerprint density at radius 1 is 0.567 bits per heavy atom. The minimum atomic E-state index is 0.326. The average Bonchev–Trinajstić information content (AvgIpc) is 2.90. The van der Waals surface area contributed by atoms with Crippen molar-refractivity contribution in [3.8, 4) is 22.6 Å². The maximum Gasteiger partial charge on any atom is 0.127 e. The van der Waals surface area contributed by atoms with Gasteiger partial charge in [-0.2, -0.15) is 0 Å². The summed E-state index contributed by atoms with van der Waals surface area (Å²) in [5.74, 6) is 2.18. The second-order valence-corrected chi connectivity index (χ2v) is 7.05. The van der Waals surface area contributed by atoms with Crippen LogP contribution in [0.2, 0.25) is 0 Å². The van der Waals surface area contributed by atoms with E-state index in [4.69, 9.17) is 9.47 Å². The lowest BCUT2D eigenvalue weighted by atomic mass is 9.92. The molecule has 4 aromatic carbocycles. The Morgan fingerprint density at radius 2 is 0.967 bits per heavy atom. The topological polar surface area (TPSA) is 18.5 Å². The lowest BCUT2D eigenvalue weighted by Crippen LogP contribution is -2.15. The normalized spacial score (nSPS) is 13.0. The minimum absolute atomic E-state index is 0.326. The van der Waals surface area contributed by atoms with Crippen LogP contribution in [0.15, 0.2) is 72.8 Å². The zero-order chi connectivity index (χ0) is 21.5. The van der Waals surface area contributed by atoms with E-state index in [1.54, 1.807) is 0 Å². The fraction of sp³-hybridized carbons (Fsp3) is 0.286. The summed E-state index contributed by atoms with van der Waals surface area (Å²) in [6.07, 6.45) is 0. The minimum Gasteiger partial charge on any atom is -0.493 e. The van der Waals surface area contributed by atoms with Crippen LogP contribution in [0, 0.1) is 5.92 Å². The molecule has 4 aromatic rings. The number of rotatable bonds is 0. The van der Waals surface area contributed by atoms with Gasteiger partial charge in [-0.3, -0.25) is 0 Å². The van der Waals surface area contributed by atoms with Crippen molar-refractivity contribution in [2.45, 2.75) is 34.6 Å². The van der Waals surface area contributed by atoms with E-state index < -0.39 is 0 Å². The molecule has 0 radical (unpaired) electrons. The van der Waals surface area contributed by atoms with E-state index in [1.165, 1.54) is 21.5 Å². The Morgan fingerprint density at radius 3 is 1.40 bits per heavy atom. The van der Waals surface area contributed by atoms with Crippen LogP contribution in [0.1, 0.15) is 34.6 Å². The molecule has 30 heavy (non-hydrogen) atoms. The summed E-state index contributed by atoms with van der Waals surface area (Å²) in [4.78, 5) is 0. The van der Waals surface area contributed by atoms with Crippen molar-refractivity contribution >= 4 is 21.5 Å². The van der Waals surface area contributed by atoms with Gasteiger partial charge in [-0.1, -0.05) is 95.3 Å². The number of hydrogen-bond acceptors (Lipinski definition) is 2. The van der Waals surface area contributed by atoms with Crippen molar-refractivity contribution in [1.29, 1.82) is 0 Å². The molecule has 0 aliphatic carbocycles. The van der Waals surface area contributed by atoms with Crippen LogP contribution in [0.3, 0.4) is 0 Å². The van der Waals surface area contributed by atoms with Crippen molar-refractivity contribution in [1.82, 2.24) is 0 Å². The third-order valence-electron chi connectivity index (χ3n) is 5.08. The van der Waals surface area contributed by atoms with Crippen molar-refractivity contribution in [2.24, 2.45) is 5.92 Å². The van der Waals surface area contributed by atoms with Gasteiger partial charge < -0.3 is 9.47 Å². The van der Waals surface area contributed by atoms with E-state index in [-0.39, 0.29) is 0 Å². The van der Waals surface area contributed by atoms with Gasteiger partial charge in [0.25, 0.3) is 0 Å². The fourth-order valence-electron chi connectivity index (χ4n) is 3.77. The van der Waals surface area contributed by atoms with Gasteiger partial charge in [-0.05, 0) is 33.7 Å². The standard InChI is InChI=1S/C24H20O2.2C2H6/c1-16-14-25-21-12-10-17-6-2-4-8-19(17)23(21)24-20-9-5-3-7-18(20)11-13-22(24)26-15-16;2*1-2/h2-13,16H,14-15H2,1H3;2*1-2H3. The van der Waals surface area contributed by atoms with E-state index in [0.29, 0.717) is 19.1 Å². The highest BCUT2D eigenvalue weighted by molar-refractivity contribution is 6.09. The second-order valence-electron chi connectivity index (χ2n) is 7.05. The Kier molecular flexibility index (Phi) is 7.35. The number of hydrogen-bond donors (Lipinski definition) is 0. The lowest BCUT2D eigenvalue weighted by Gasteiger charge is -2.17. The van der Waals surface area contributed by atoms with E-state index >= 15 is 0 Å². The van der Waals surface area contributed by atoms with Crippen LogP contribution < -0.4 is 9.47 Å². The summed E-state index contributed by atoms with van der Waals surface area (Å²) in [6, 6.07) is 25.4. The smallest absolute Gasteiger partial charge is 0.127 e. The first kappa shape index (κ1) is 21.7. The van der Waals surface area contributed by atoms with Gasteiger partial charge in [-0.15, -0.1) is 0 Å².